The number of hydrogen-bond donors (Lipinski definition) is 1. The van der Waals surface area contributed by atoms with Gasteiger partial charge in [-0.3, -0.25) is 9.59 Å². The average Bonchev–Trinajstić information content (AvgIpc) is 2.67. The van der Waals surface area contributed by atoms with Crippen molar-refractivity contribution in [3.05, 3.63) is 47.5 Å². The number of hydrogen-bond acceptors (Lipinski definition) is 4. The number of para-hydroxylation sites is 1. The van der Waals surface area contributed by atoms with Crippen LogP contribution in [0.15, 0.2) is 36.4 Å². The molecule has 0 bridgehead atoms. The van der Waals surface area contributed by atoms with Crippen molar-refractivity contribution in [3.63, 3.8) is 0 Å². The first-order valence-corrected chi connectivity index (χ1v) is 9.44. The number of nitrogens with one attached hydrogen (secondary N) is 1. The van der Waals surface area contributed by atoms with Gasteiger partial charge in [0, 0.05) is 24.4 Å². The summed E-state index contributed by atoms with van der Waals surface area (Å²) < 4.78 is 11.1. The molecular weight excluding hydrogens is 356 g/mol. The Morgan fingerprint density at radius 2 is 1.82 bits per heavy atom. The van der Waals surface area contributed by atoms with Crippen LogP contribution in [0.4, 0.5) is 11.4 Å². The molecule has 0 saturated carbocycles. The summed E-state index contributed by atoms with van der Waals surface area (Å²) in [5.41, 5.74) is 3.48. The first-order valence-electron chi connectivity index (χ1n) is 9.44. The van der Waals surface area contributed by atoms with Crippen LogP contribution in [0, 0.1) is 6.92 Å². The highest BCUT2D eigenvalue weighted by Crippen LogP contribution is 2.34. The predicted molar refractivity (Wildman–Crippen MR) is 109 cm³/mol. The summed E-state index contributed by atoms with van der Waals surface area (Å²) >= 11 is 0. The minimum atomic E-state index is -0.249. The Hall–Kier alpha value is -3.02. The molecule has 1 heterocycles. The quantitative estimate of drug-likeness (QED) is 0.852. The second-order valence-corrected chi connectivity index (χ2v) is 7.18. The molecule has 0 unspecified atom stereocenters. The van der Waals surface area contributed by atoms with Crippen LogP contribution >= 0.6 is 0 Å². The number of fused-ring (bicyclic) bond motifs is 1. The van der Waals surface area contributed by atoms with Crippen LogP contribution in [0.2, 0.25) is 0 Å². The highest BCUT2D eigenvalue weighted by Gasteiger charge is 2.20. The minimum Gasteiger partial charge on any atom is -0.486 e. The number of carbonyl (C=O) groups excluding carboxylic acids is 2. The van der Waals surface area contributed by atoms with Gasteiger partial charge >= 0.3 is 0 Å². The Balaban J connectivity index is 1.80. The molecule has 28 heavy (non-hydrogen) atoms. The molecule has 3 rings (SSSR count). The molecule has 6 nitrogen and oxygen atoms in total. The van der Waals surface area contributed by atoms with E-state index in [-0.39, 0.29) is 24.3 Å². The fraction of sp³-hybridized carbons (Fsp3) is 0.364. The van der Waals surface area contributed by atoms with E-state index in [0.29, 0.717) is 30.4 Å². The van der Waals surface area contributed by atoms with Gasteiger partial charge in [0.1, 0.15) is 19.8 Å². The zero-order valence-electron chi connectivity index (χ0n) is 16.7. The monoisotopic (exact) mass is 382 g/mol. The van der Waals surface area contributed by atoms with E-state index in [1.165, 1.54) is 11.8 Å². The van der Waals surface area contributed by atoms with Crippen molar-refractivity contribution in [1.82, 2.24) is 0 Å². The third kappa shape index (κ3) is 4.27. The van der Waals surface area contributed by atoms with E-state index < -0.39 is 0 Å². The van der Waals surface area contributed by atoms with Gasteiger partial charge in [-0.2, -0.15) is 0 Å². The largest absolute Gasteiger partial charge is 0.486 e. The van der Waals surface area contributed by atoms with E-state index in [9.17, 15) is 9.59 Å². The molecule has 1 aliphatic heterocycles. The molecule has 2 aromatic carbocycles. The summed E-state index contributed by atoms with van der Waals surface area (Å²) in [6, 6.07) is 11.2. The summed E-state index contributed by atoms with van der Waals surface area (Å²) in [7, 11) is 0. The molecule has 2 amide bonds. The highest BCUT2D eigenvalue weighted by molar-refractivity contribution is 6.02. The van der Waals surface area contributed by atoms with Crippen molar-refractivity contribution < 1.29 is 19.1 Å². The fourth-order valence-corrected chi connectivity index (χ4v) is 3.25. The molecule has 0 saturated heterocycles. The molecule has 2 aromatic rings. The molecule has 6 heteroatoms. The molecule has 0 radical (unpaired) electrons. The summed E-state index contributed by atoms with van der Waals surface area (Å²) in [5, 5.41) is 2.99. The SMILES string of the molecule is CC(=O)N(CC(=O)Nc1c(C)cccc1C(C)C)c1ccc2c(c1)OCCO2. The zero-order chi connectivity index (χ0) is 20.3. The maximum atomic E-state index is 12.8. The van der Waals surface area contributed by atoms with Crippen molar-refractivity contribution in [2.24, 2.45) is 0 Å². The Bertz CT molecular complexity index is 892. The van der Waals surface area contributed by atoms with Crippen LogP contribution in [0.5, 0.6) is 11.5 Å². The number of ether oxygens (including phenoxy) is 2. The van der Waals surface area contributed by atoms with Crippen LogP contribution in [0.25, 0.3) is 0 Å². The Morgan fingerprint density at radius 3 is 2.50 bits per heavy atom. The third-order valence-corrected chi connectivity index (χ3v) is 4.71. The van der Waals surface area contributed by atoms with Crippen molar-refractivity contribution in [2.45, 2.75) is 33.6 Å². The van der Waals surface area contributed by atoms with Crippen LogP contribution in [0.3, 0.4) is 0 Å². The lowest BCUT2D eigenvalue weighted by molar-refractivity contribution is -0.120. The second kappa shape index (κ2) is 8.33. The number of nitrogens with zero attached hydrogens (tertiary/aromatic N) is 1. The maximum absolute atomic E-state index is 12.8. The number of benzene rings is 2. The lowest BCUT2D eigenvalue weighted by atomic mass is 9.98. The van der Waals surface area contributed by atoms with Gasteiger partial charge in [0.2, 0.25) is 11.8 Å². The van der Waals surface area contributed by atoms with Crippen LogP contribution < -0.4 is 19.7 Å². The lowest BCUT2D eigenvalue weighted by Crippen LogP contribution is -2.37. The lowest BCUT2D eigenvalue weighted by Gasteiger charge is -2.24. The minimum absolute atomic E-state index is 0.0825. The Kier molecular flexibility index (Phi) is 5.87. The van der Waals surface area contributed by atoms with Crippen LogP contribution in [-0.2, 0) is 9.59 Å². The number of carbonyl (C=O) groups is 2. The highest BCUT2D eigenvalue weighted by atomic mass is 16.6. The van der Waals surface area contributed by atoms with Gasteiger partial charge in [0.05, 0.1) is 0 Å². The van der Waals surface area contributed by atoms with Gasteiger partial charge in [-0.05, 0) is 36.1 Å². The van der Waals surface area contributed by atoms with Crippen LogP contribution in [-0.4, -0.2) is 31.6 Å². The first kappa shape index (κ1) is 19.7. The van der Waals surface area contributed by atoms with E-state index in [1.54, 1.807) is 18.2 Å². The smallest absolute Gasteiger partial charge is 0.244 e. The van der Waals surface area contributed by atoms with Crippen LogP contribution in [0.1, 0.15) is 37.8 Å². The molecule has 148 valence electrons. The van der Waals surface area contributed by atoms with E-state index >= 15 is 0 Å². The van der Waals surface area contributed by atoms with E-state index in [4.69, 9.17) is 9.47 Å². The molecule has 0 aromatic heterocycles. The fourth-order valence-electron chi connectivity index (χ4n) is 3.25. The predicted octanol–water partition coefficient (Wildman–Crippen LogP) is 3.88. The molecule has 0 aliphatic carbocycles. The van der Waals surface area contributed by atoms with E-state index in [2.05, 4.69) is 19.2 Å². The van der Waals surface area contributed by atoms with Gasteiger partial charge in [0.15, 0.2) is 11.5 Å². The maximum Gasteiger partial charge on any atom is 0.244 e. The van der Waals surface area contributed by atoms with Crippen molar-refractivity contribution in [3.8, 4) is 11.5 Å². The standard InChI is InChI=1S/C22H26N2O4/c1-14(2)18-7-5-6-15(3)22(18)23-21(26)13-24(16(4)25)17-8-9-19-20(12-17)28-11-10-27-19/h5-9,12,14H,10-11,13H2,1-4H3,(H,23,26). The third-order valence-electron chi connectivity index (χ3n) is 4.71. The molecule has 0 spiro atoms. The molecular formula is C22H26N2O4. The number of amides is 2. The number of rotatable bonds is 5. The number of aryl methyl sites for hydroxylation is 1. The summed E-state index contributed by atoms with van der Waals surface area (Å²) in [6.07, 6.45) is 0. The molecule has 0 atom stereocenters. The van der Waals surface area contributed by atoms with E-state index in [0.717, 1.165) is 16.8 Å². The molecule has 1 aliphatic rings. The molecule has 1 N–H and O–H groups in total. The molecule has 0 fully saturated rings. The Labute approximate surface area is 165 Å². The van der Waals surface area contributed by atoms with E-state index in [1.807, 2.05) is 25.1 Å². The first-order chi connectivity index (χ1) is 13.4. The zero-order valence-corrected chi connectivity index (χ0v) is 16.7. The van der Waals surface area contributed by atoms with Crippen molar-refractivity contribution in [1.29, 1.82) is 0 Å². The summed E-state index contributed by atoms with van der Waals surface area (Å²) in [6.45, 7) is 8.45. The topological polar surface area (TPSA) is 67.9 Å². The van der Waals surface area contributed by atoms with Gasteiger partial charge < -0.3 is 19.7 Å². The van der Waals surface area contributed by atoms with Gasteiger partial charge in [-0.25, -0.2) is 0 Å². The second-order valence-electron chi connectivity index (χ2n) is 7.18. The van der Waals surface area contributed by atoms with Gasteiger partial charge in [-0.15, -0.1) is 0 Å². The normalized spacial score (nSPS) is 12.6. The summed E-state index contributed by atoms with van der Waals surface area (Å²) in [4.78, 5) is 26.4. The Morgan fingerprint density at radius 1 is 1.11 bits per heavy atom. The number of anilines is 2. The summed E-state index contributed by atoms with van der Waals surface area (Å²) in [5.74, 6) is 1.03. The van der Waals surface area contributed by atoms with Gasteiger partial charge in [0.25, 0.3) is 0 Å². The van der Waals surface area contributed by atoms with Gasteiger partial charge in [-0.1, -0.05) is 32.0 Å². The van der Waals surface area contributed by atoms with Crippen molar-refractivity contribution >= 4 is 23.2 Å². The van der Waals surface area contributed by atoms with Crippen molar-refractivity contribution in [2.75, 3.05) is 30.0 Å². The average molecular weight is 382 g/mol.